The molecule has 1 aliphatic rings. The van der Waals surface area contributed by atoms with Gasteiger partial charge in [0.05, 0.1) is 11.5 Å². The first-order valence-electron chi connectivity index (χ1n) is 5.20. The molecular weight excluding hydrogens is 226 g/mol. The highest BCUT2D eigenvalue weighted by atomic mass is 35.5. The molecule has 1 amide bonds. The minimum atomic E-state index is -0.510. The molecule has 1 N–H and O–H groups in total. The van der Waals surface area contributed by atoms with Gasteiger partial charge in [-0.05, 0) is 38.0 Å². The molecule has 1 unspecified atom stereocenters. The molecule has 0 bridgehead atoms. The zero-order chi connectivity index (χ0) is 11.9. The number of hydroxylamine groups is 2. The van der Waals surface area contributed by atoms with E-state index in [4.69, 9.17) is 11.6 Å². The van der Waals surface area contributed by atoms with Crippen LogP contribution in [-0.4, -0.2) is 21.7 Å². The van der Waals surface area contributed by atoms with Gasteiger partial charge in [-0.1, -0.05) is 23.7 Å². The summed E-state index contributed by atoms with van der Waals surface area (Å²) in [5.74, 6) is -0.550. The van der Waals surface area contributed by atoms with Gasteiger partial charge in [0.1, 0.15) is 0 Å². The van der Waals surface area contributed by atoms with Crippen molar-refractivity contribution < 1.29 is 10.0 Å². The van der Waals surface area contributed by atoms with E-state index in [1.54, 1.807) is 12.1 Å². The summed E-state index contributed by atoms with van der Waals surface area (Å²) in [5.41, 5.74) is 0.353. The quantitative estimate of drug-likeness (QED) is 0.766. The summed E-state index contributed by atoms with van der Waals surface area (Å²) in [6, 6.07) is 7.23. The van der Waals surface area contributed by atoms with Gasteiger partial charge >= 0.3 is 0 Å². The predicted octanol–water partition coefficient (Wildman–Crippen LogP) is 2.82. The maximum Gasteiger partial charge on any atom is 0.254 e. The summed E-state index contributed by atoms with van der Waals surface area (Å²) < 4.78 is 0. The first kappa shape index (κ1) is 11.4. The third-order valence-corrected chi connectivity index (χ3v) is 3.27. The van der Waals surface area contributed by atoms with Gasteiger partial charge in [0, 0.05) is 5.02 Å². The molecule has 86 valence electrons. The van der Waals surface area contributed by atoms with Gasteiger partial charge in [-0.3, -0.25) is 10.0 Å². The second-order valence-electron chi connectivity index (χ2n) is 4.77. The maximum absolute atomic E-state index is 11.9. The molecule has 4 heteroatoms. The van der Waals surface area contributed by atoms with Crippen molar-refractivity contribution in [2.24, 2.45) is 0 Å². The second-order valence-corrected chi connectivity index (χ2v) is 5.21. The van der Waals surface area contributed by atoms with Gasteiger partial charge in [-0.15, -0.1) is 0 Å². The third-order valence-electron chi connectivity index (χ3n) is 3.03. The van der Waals surface area contributed by atoms with E-state index in [2.05, 4.69) is 0 Å². The standard InChI is InChI=1S/C12H14ClNO2/c1-12(2)7-10(11(15)14(12)16)8-4-3-5-9(13)6-8/h3-6,10,16H,7H2,1-2H3. The van der Waals surface area contributed by atoms with Crippen LogP contribution in [0, 0.1) is 0 Å². The molecule has 0 spiro atoms. The van der Waals surface area contributed by atoms with Crippen LogP contribution in [0.1, 0.15) is 31.7 Å². The largest absolute Gasteiger partial charge is 0.285 e. The molecule has 1 heterocycles. The Kier molecular flexibility index (Phi) is 2.68. The predicted molar refractivity (Wildman–Crippen MR) is 61.5 cm³/mol. The molecule has 1 aromatic carbocycles. The van der Waals surface area contributed by atoms with Crippen molar-refractivity contribution in [3.05, 3.63) is 34.9 Å². The number of benzene rings is 1. The number of hydrogen-bond donors (Lipinski definition) is 1. The Bertz CT molecular complexity index is 431. The molecule has 0 aromatic heterocycles. The highest BCUT2D eigenvalue weighted by Crippen LogP contribution is 2.38. The maximum atomic E-state index is 11.9. The highest BCUT2D eigenvalue weighted by molar-refractivity contribution is 6.30. The Morgan fingerprint density at radius 1 is 1.50 bits per heavy atom. The minimum Gasteiger partial charge on any atom is -0.285 e. The molecule has 1 aromatic rings. The van der Waals surface area contributed by atoms with Gasteiger partial charge in [-0.25, -0.2) is 5.06 Å². The lowest BCUT2D eigenvalue weighted by Gasteiger charge is -2.24. The van der Waals surface area contributed by atoms with Crippen molar-refractivity contribution in [1.29, 1.82) is 0 Å². The van der Waals surface area contributed by atoms with Crippen molar-refractivity contribution in [2.45, 2.75) is 31.7 Å². The molecule has 1 saturated heterocycles. The van der Waals surface area contributed by atoms with E-state index in [0.717, 1.165) is 10.6 Å². The molecule has 1 fully saturated rings. The van der Waals surface area contributed by atoms with Crippen molar-refractivity contribution in [2.75, 3.05) is 0 Å². The van der Waals surface area contributed by atoms with E-state index < -0.39 is 5.54 Å². The Morgan fingerprint density at radius 3 is 2.69 bits per heavy atom. The average Bonchev–Trinajstić information content (AvgIpc) is 2.42. The number of amides is 1. The van der Waals surface area contributed by atoms with Crippen molar-refractivity contribution in [3.63, 3.8) is 0 Å². The van der Waals surface area contributed by atoms with E-state index >= 15 is 0 Å². The zero-order valence-electron chi connectivity index (χ0n) is 9.27. The van der Waals surface area contributed by atoms with Crippen molar-refractivity contribution >= 4 is 17.5 Å². The number of halogens is 1. The van der Waals surface area contributed by atoms with Gasteiger partial charge in [0.2, 0.25) is 0 Å². The number of rotatable bonds is 1. The van der Waals surface area contributed by atoms with E-state index in [1.165, 1.54) is 0 Å². The molecular formula is C12H14ClNO2. The van der Waals surface area contributed by atoms with Crippen LogP contribution < -0.4 is 0 Å². The molecule has 0 aliphatic carbocycles. The van der Waals surface area contributed by atoms with E-state index in [9.17, 15) is 10.0 Å². The average molecular weight is 240 g/mol. The Balaban J connectivity index is 2.34. The van der Waals surface area contributed by atoms with Crippen molar-refractivity contribution in [1.82, 2.24) is 5.06 Å². The SMILES string of the molecule is CC1(C)CC(c2cccc(Cl)c2)C(=O)N1O. The van der Waals surface area contributed by atoms with Crippen LogP contribution in [0.3, 0.4) is 0 Å². The lowest BCUT2D eigenvalue weighted by atomic mass is 9.91. The van der Waals surface area contributed by atoms with Crippen LogP contribution in [-0.2, 0) is 4.79 Å². The molecule has 1 aliphatic heterocycles. The third kappa shape index (κ3) is 1.81. The second kappa shape index (κ2) is 3.75. The van der Waals surface area contributed by atoms with E-state index in [-0.39, 0.29) is 11.8 Å². The van der Waals surface area contributed by atoms with E-state index in [0.29, 0.717) is 11.4 Å². The lowest BCUT2D eigenvalue weighted by molar-refractivity contribution is -0.176. The van der Waals surface area contributed by atoms with Crippen LogP contribution in [0.25, 0.3) is 0 Å². The fraction of sp³-hybridized carbons (Fsp3) is 0.417. The smallest absolute Gasteiger partial charge is 0.254 e. The van der Waals surface area contributed by atoms with Gasteiger partial charge in [-0.2, -0.15) is 0 Å². The summed E-state index contributed by atoms with van der Waals surface area (Å²) in [4.78, 5) is 11.9. The lowest BCUT2D eigenvalue weighted by Crippen LogP contribution is -2.37. The monoisotopic (exact) mass is 239 g/mol. The summed E-state index contributed by atoms with van der Waals surface area (Å²) >= 11 is 5.89. The molecule has 3 nitrogen and oxygen atoms in total. The Hall–Kier alpha value is -1.06. The molecule has 2 rings (SSSR count). The molecule has 1 atom stereocenters. The number of nitrogens with zero attached hydrogens (tertiary/aromatic N) is 1. The fourth-order valence-electron chi connectivity index (χ4n) is 2.10. The Labute approximate surface area is 99.6 Å². The van der Waals surface area contributed by atoms with Crippen LogP contribution in [0.15, 0.2) is 24.3 Å². The summed E-state index contributed by atoms with van der Waals surface area (Å²) in [6.07, 6.45) is 0.600. The molecule has 16 heavy (non-hydrogen) atoms. The van der Waals surface area contributed by atoms with Gasteiger partial charge < -0.3 is 0 Å². The number of carbonyl (C=O) groups is 1. The Morgan fingerprint density at radius 2 is 2.19 bits per heavy atom. The van der Waals surface area contributed by atoms with Crippen LogP contribution in [0.5, 0.6) is 0 Å². The van der Waals surface area contributed by atoms with Crippen LogP contribution in [0.2, 0.25) is 5.02 Å². The van der Waals surface area contributed by atoms with E-state index in [1.807, 2.05) is 26.0 Å². The highest BCUT2D eigenvalue weighted by Gasteiger charge is 2.45. The fourth-order valence-corrected chi connectivity index (χ4v) is 2.30. The molecule has 0 saturated carbocycles. The van der Waals surface area contributed by atoms with Crippen LogP contribution in [0.4, 0.5) is 0 Å². The zero-order valence-corrected chi connectivity index (χ0v) is 10.0. The first-order chi connectivity index (χ1) is 7.42. The van der Waals surface area contributed by atoms with Crippen LogP contribution >= 0.6 is 11.6 Å². The van der Waals surface area contributed by atoms with Gasteiger partial charge in [0.15, 0.2) is 0 Å². The normalized spacial score (nSPS) is 23.9. The number of hydrogen-bond acceptors (Lipinski definition) is 2. The first-order valence-corrected chi connectivity index (χ1v) is 5.58. The number of carbonyl (C=O) groups excluding carboxylic acids is 1. The summed E-state index contributed by atoms with van der Waals surface area (Å²) in [7, 11) is 0. The van der Waals surface area contributed by atoms with Gasteiger partial charge in [0.25, 0.3) is 5.91 Å². The molecule has 0 radical (unpaired) electrons. The van der Waals surface area contributed by atoms with Crippen molar-refractivity contribution in [3.8, 4) is 0 Å². The minimum absolute atomic E-state index is 0.257. The summed E-state index contributed by atoms with van der Waals surface area (Å²) in [6.45, 7) is 3.69. The topological polar surface area (TPSA) is 40.5 Å². The summed E-state index contributed by atoms with van der Waals surface area (Å²) in [5, 5.41) is 11.1.